The second-order valence-electron chi connectivity index (χ2n) is 5.50. The van der Waals surface area contributed by atoms with Gasteiger partial charge < -0.3 is 9.15 Å². The predicted octanol–water partition coefficient (Wildman–Crippen LogP) is 1.21. The molecule has 10 heteroatoms. The van der Waals surface area contributed by atoms with E-state index in [1.165, 1.54) is 4.80 Å². The molecule has 1 aliphatic heterocycles. The number of amides is 1. The minimum atomic E-state index is -0.389. The van der Waals surface area contributed by atoms with Crippen molar-refractivity contribution >= 4 is 11.9 Å². The van der Waals surface area contributed by atoms with E-state index in [4.69, 9.17) is 9.15 Å². The van der Waals surface area contributed by atoms with Crippen LogP contribution in [0, 0.1) is 0 Å². The number of carbonyl (C=O) groups excluding carboxylic acids is 1. The lowest BCUT2D eigenvalue weighted by Crippen LogP contribution is -2.20. The molecule has 25 heavy (non-hydrogen) atoms. The fourth-order valence-corrected chi connectivity index (χ4v) is 2.49. The van der Waals surface area contributed by atoms with Gasteiger partial charge in [-0.15, -0.1) is 15.3 Å². The molecule has 1 saturated heterocycles. The number of carbonyl (C=O) groups is 1. The molecule has 1 unspecified atom stereocenters. The van der Waals surface area contributed by atoms with Gasteiger partial charge in [-0.2, -0.15) is 4.80 Å². The molecule has 1 aliphatic rings. The number of nitrogens with one attached hydrogen (secondary N) is 1. The molecule has 0 saturated carbocycles. The molecular weight excluding hydrogens is 326 g/mol. The smallest absolute Gasteiger partial charge is 0.322 e. The Hall–Kier alpha value is -3.14. The fraction of sp³-hybridized carbons (Fsp3) is 0.333. The first-order valence-electron chi connectivity index (χ1n) is 7.86. The van der Waals surface area contributed by atoms with Gasteiger partial charge in [0.1, 0.15) is 12.6 Å². The maximum Gasteiger partial charge on any atom is 0.322 e. The molecule has 4 rings (SSSR count). The average molecular weight is 341 g/mol. The van der Waals surface area contributed by atoms with Crippen LogP contribution < -0.4 is 5.32 Å². The summed E-state index contributed by atoms with van der Waals surface area (Å²) in [4.78, 5) is 13.3. The van der Waals surface area contributed by atoms with Crippen LogP contribution in [0.5, 0.6) is 0 Å². The van der Waals surface area contributed by atoms with E-state index in [2.05, 4.69) is 30.9 Å². The van der Waals surface area contributed by atoms with Crippen molar-refractivity contribution in [2.24, 2.45) is 0 Å². The molecule has 3 heterocycles. The third kappa shape index (κ3) is 3.53. The van der Waals surface area contributed by atoms with Gasteiger partial charge in [-0.1, -0.05) is 35.4 Å². The van der Waals surface area contributed by atoms with Crippen LogP contribution in [0.1, 0.15) is 24.8 Å². The zero-order valence-electron chi connectivity index (χ0n) is 13.2. The summed E-state index contributed by atoms with van der Waals surface area (Å²) in [5.74, 6) is 0.435. The SMILES string of the molecule is O=C(Cn1nnc(-c2ccccc2)n1)Nc1nnc(C2CCCO2)o1. The Morgan fingerprint density at radius 3 is 2.92 bits per heavy atom. The largest absolute Gasteiger partial charge is 0.405 e. The quantitative estimate of drug-likeness (QED) is 0.735. The molecule has 2 aromatic heterocycles. The first-order chi connectivity index (χ1) is 12.3. The Balaban J connectivity index is 1.37. The monoisotopic (exact) mass is 341 g/mol. The second kappa shape index (κ2) is 6.77. The molecule has 1 N–H and O–H groups in total. The van der Waals surface area contributed by atoms with Gasteiger partial charge in [-0.05, 0) is 18.1 Å². The van der Waals surface area contributed by atoms with Crippen LogP contribution >= 0.6 is 0 Å². The molecule has 1 atom stereocenters. The van der Waals surface area contributed by atoms with E-state index in [1.54, 1.807) is 0 Å². The summed E-state index contributed by atoms with van der Waals surface area (Å²) in [5.41, 5.74) is 0.826. The first-order valence-corrected chi connectivity index (χ1v) is 7.86. The van der Waals surface area contributed by atoms with Crippen molar-refractivity contribution in [2.45, 2.75) is 25.5 Å². The maximum absolute atomic E-state index is 12.1. The molecule has 0 aliphatic carbocycles. The lowest BCUT2D eigenvalue weighted by Gasteiger charge is -2.02. The number of nitrogens with zero attached hydrogens (tertiary/aromatic N) is 6. The summed E-state index contributed by atoms with van der Waals surface area (Å²) in [6.07, 6.45) is 1.60. The van der Waals surface area contributed by atoms with E-state index in [-0.39, 0.29) is 24.6 Å². The van der Waals surface area contributed by atoms with Crippen LogP contribution in [-0.2, 0) is 16.1 Å². The van der Waals surface area contributed by atoms with Crippen LogP contribution in [0.15, 0.2) is 34.7 Å². The van der Waals surface area contributed by atoms with Crippen molar-refractivity contribution in [3.8, 4) is 11.4 Å². The normalized spacial score (nSPS) is 16.9. The lowest BCUT2D eigenvalue weighted by molar-refractivity contribution is -0.117. The summed E-state index contributed by atoms with van der Waals surface area (Å²) in [7, 11) is 0. The molecule has 3 aromatic rings. The minimum Gasteiger partial charge on any atom is -0.405 e. The van der Waals surface area contributed by atoms with Gasteiger partial charge in [0.2, 0.25) is 11.7 Å². The Morgan fingerprint density at radius 1 is 1.24 bits per heavy atom. The van der Waals surface area contributed by atoms with Crippen LogP contribution in [0.3, 0.4) is 0 Å². The van der Waals surface area contributed by atoms with Gasteiger partial charge in [-0.3, -0.25) is 10.1 Å². The highest BCUT2D eigenvalue weighted by Gasteiger charge is 2.24. The van der Waals surface area contributed by atoms with Gasteiger partial charge in [0.05, 0.1) is 0 Å². The Morgan fingerprint density at radius 2 is 2.12 bits per heavy atom. The minimum absolute atomic E-state index is 0.0268. The molecule has 128 valence electrons. The van der Waals surface area contributed by atoms with Gasteiger partial charge in [0, 0.05) is 12.2 Å². The second-order valence-corrected chi connectivity index (χ2v) is 5.50. The van der Waals surface area contributed by atoms with Crippen molar-refractivity contribution in [3.63, 3.8) is 0 Å². The predicted molar refractivity (Wildman–Crippen MR) is 84.1 cm³/mol. The van der Waals surface area contributed by atoms with Gasteiger partial charge in [-0.25, -0.2) is 0 Å². The Kier molecular flexibility index (Phi) is 4.17. The van der Waals surface area contributed by atoms with E-state index < -0.39 is 0 Å². The molecule has 0 bridgehead atoms. The zero-order chi connectivity index (χ0) is 17.1. The highest BCUT2D eigenvalue weighted by Crippen LogP contribution is 2.28. The van der Waals surface area contributed by atoms with Gasteiger partial charge >= 0.3 is 6.01 Å². The number of rotatable bonds is 5. The van der Waals surface area contributed by atoms with Gasteiger partial charge in [0.15, 0.2) is 0 Å². The molecule has 10 nitrogen and oxygen atoms in total. The van der Waals surface area contributed by atoms with Crippen molar-refractivity contribution in [2.75, 3.05) is 11.9 Å². The molecule has 1 fully saturated rings. The van der Waals surface area contributed by atoms with E-state index in [9.17, 15) is 4.79 Å². The third-order valence-corrected chi connectivity index (χ3v) is 3.66. The van der Waals surface area contributed by atoms with E-state index >= 15 is 0 Å². The maximum atomic E-state index is 12.1. The summed E-state index contributed by atoms with van der Waals surface area (Å²) < 4.78 is 10.9. The van der Waals surface area contributed by atoms with Crippen LogP contribution in [0.25, 0.3) is 11.4 Å². The molecule has 1 aromatic carbocycles. The van der Waals surface area contributed by atoms with E-state index in [1.807, 2.05) is 30.3 Å². The lowest BCUT2D eigenvalue weighted by atomic mass is 10.2. The fourth-order valence-electron chi connectivity index (χ4n) is 2.49. The standard InChI is InChI=1S/C15H15N7O3/c23-12(16-15-19-18-14(25-15)11-7-4-8-24-11)9-22-20-13(17-21-22)10-5-2-1-3-6-10/h1-3,5-6,11H,4,7-9H2,(H,16,19,23). The number of tetrazole rings is 1. The van der Waals surface area contributed by atoms with Crippen molar-refractivity contribution in [1.82, 2.24) is 30.4 Å². The molecular formula is C15H15N7O3. The number of aromatic nitrogens is 6. The van der Waals surface area contributed by atoms with E-state index in [0.717, 1.165) is 18.4 Å². The number of anilines is 1. The Labute approximate surface area is 142 Å². The first kappa shape index (κ1) is 15.4. The van der Waals surface area contributed by atoms with Crippen molar-refractivity contribution < 1.29 is 13.9 Å². The number of hydrogen-bond acceptors (Lipinski definition) is 8. The Bertz CT molecular complexity index is 855. The summed E-state index contributed by atoms with van der Waals surface area (Å²) in [6, 6.07) is 9.42. The van der Waals surface area contributed by atoms with Crippen LogP contribution in [0.4, 0.5) is 6.01 Å². The molecule has 0 spiro atoms. The number of hydrogen-bond donors (Lipinski definition) is 1. The molecule has 0 radical (unpaired) electrons. The zero-order valence-corrected chi connectivity index (χ0v) is 13.2. The van der Waals surface area contributed by atoms with Crippen molar-refractivity contribution in [1.29, 1.82) is 0 Å². The summed E-state index contributed by atoms with van der Waals surface area (Å²) in [5, 5.41) is 22.2. The number of ether oxygens (including phenoxy) is 1. The van der Waals surface area contributed by atoms with E-state index in [0.29, 0.717) is 18.3 Å². The highest BCUT2D eigenvalue weighted by atomic mass is 16.5. The van der Waals surface area contributed by atoms with Crippen LogP contribution in [-0.4, -0.2) is 42.9 Å². The highest BCUT2D eigenvalue weighted by molar-refractivity contribution is 5.88. The average Bonchev–Trinajstić information content (AvgIpc) is 3.37. The number of benzene rings is 1. The van der Waals surface area contributed by atoms with Crippen LogP contribution in [0.2, 0.25) is 0 Å². The van der Waals surface area contributed by atoms with Gasteiger partial charge in [0.25, 0.3) is 5.91 Å². The topological polar surface area (TPSA) is 121 Å². The third-order valence-electron chi connectivity index (χ3n) is 3.66. The summed E-state index contributed by atoms with van der Waals surface area (Å²) in [6.45, 7) is 0.563. The molecule has 1 amide bonds. The summed E-state index contributed by atoms with van der Waals surface area (Å²) >= 11 is 0. The van der Waals surface area contributed by atoms with Crippen molar-refractivity contribution in [3.05, 3.63) is 36.2 Å².